The number of hydrogen-bond acceptors (Lipinski definition) is 5. The SMILES string of the molecule is CC(C)COc1ccc(C(=O)NNC(=S)NC(=O)c2ccccc2OCC(C)C)cc1. The van der Waals surface area contributed by atoms with Crippen molar-refractivity contribution in [3.63, 3.8) is 0 Å². The van der Waals surface area contributed by atoms with Crippen LogP contribution < -0.4 is 25.6 Å². The Hall–Kier alpha value is -3.13. The first-order valence-electron chi connectivity index (χ1n) is 10.1. The van der Waals surface area contributed by atoms with Crippen molar-refractivity contribution in [1.82, 2.24) is 16.2 Å². The molecular weight excluding hydrogens is 414 g/mol. The molecule has 0 atom stereocenters. The van der Waals surface area contributed by atoms with E-state index in [4.69, 9.17) is 21.7 Å². The van der Waals surface area contributed by atoms with Crippen LogP contribution in [0.1, 0.15) is 48.4 Å². The molecule has 3 N–H and O–H groups in total. The molecule has 0 aliphatic heterocycles. The van der Waals surface area contributed by atoms with Crippen LogP contribution >= 0.6 is 12.2 Å². The van der Waals surface area contributed by atoms with Gasteiger partial charge in [-0.05, 0) is 60.5 Å². The number of rotatable bonds is 8. The fourth-order valence-corrected chi connectivity index (χ4v) is 2.53. The summed E-state index contributed by atoms with van der Waals surface area (Å²) in [4.78, 5) is 24.8. The molecule has 2 aromatic carbocycles. The molecule has 7 nitrogen and oxygen atoms in total. The summed E-state index contributed by atoms with van der Waals surface area (Å²) in [5.41, 5.74) is 5.78. The Morgan fingerprint density at radius 2 is 1.45 bits per heavy atom. The predicted molar refractivity (Wildman–Crippen MR) is 124 cm³/mol. The number of ether oxygens (including phenoxy) is 2. The number of hydrogen-bond donors (Lipinski definition) is 3. The minimum absolute atomic E-state index is 0.0334. The Morgan fingerprint density at radius 3 is 2.10 bits per heavy atom. The molecule has 0 aromatic heterocycles. The van der Waals surface area contributed by atoms with Gasteiger partial charge in [0.2, 0.25) is 0 Å². The zero-order valence-corrected chi connectivity index (χ0v) is 19.0. The fourth-order valence-electron chi connectivity index (χ4n) is 2.39. The number of nitrogens with one attached hydrogen (secondary N) is 3. The van der Waals surface area contributed by atoms with Crippen LogP contribution in [0.2, 0.25) is 0 Å². The van der Waals surface area contributed by atoms with Gasteiger partial charge < -0.3 is 9.47 Å². The highest BCUT2D eigenvalue weighted by atomic mass is 32.1. The highest BCUT2D eigenvalue weighted by Crippen LogP contribution is 2.18. The summed E-state index contributed by atoms with van der Waals surface area (Å²) in [6.45, 7) is 9.27. The molecule has 0 saturated carbocycles. The van der Waals surface area contributed by atoms with E-state index in [-0.39, 0.29) is 5.11 Å². The molecule has 0 spiro atoms. The zero-order valence-electron chi connectivity index (χ0n) is 18.2. The quantitative estimate of drug-likeness (QED) is 0.426. The van der Waals surface area contributed by atoms with Gasteiger partial charge in [0.25, 0.3) is 11.8 Å². The first-order valence-corrected chi connectivity index (χ1v) is 10.5. The number of thiocarbonyl (C=S) groups is 1. The topological polar surface area (TPSA) is 88.7 Å². The van der Waals surface area contributed by atoms with Gasteiger partial charge in [-0.3, -0.25) is 25.8 Å². The maximum Gasteiger partial charge on any atom is 0.269 e. The molecular formula is C23H29N3O4S. The van der Waals surface area contributed by atoms with Crippen molar-refractivity contribution in [2.24, 2.45) is 11.8 Å². The molecule has 0 radical (unpaired) electrons. The van der Waals surface area contributed by atoms with Crippen molar-refractivity contribution in [3.8, 4) is 11.5 Å². The largest absolute Gasteiger partial charge is 0.493 e. The normalized spacial score (nSPS) is 10.5. The van der Waals surface area contributed by atoms with Gasteiger partial charge in [0.05, 0.1) is 18.8 Å². The van der Waals surface area contributed by atoms with Gasteiger partial charge in [-0.15, -0.1) is 0 Å². The van der Waals surface area contributed by atoms with Gasteiger partial charge in [0.15, 0.2) is 5.11 Å². The lowest BCUT2D eigenvalue weighted by Crippen LogP contribution is -2.48. The average Bonchev–Trinajstić information content (AvgIpc) is 2.75. The highest BCUT2D eigenvalue weighted by Gasteiger charge is 2.14. The number of carbonyl (C=O) groups excluding carboxylic acids is 2. The van der Waals surface area contributed by atoms with Crippen molar-refractivity contribution in [3.05, 3.63) is 59.7 Å². The Bertz CT molecular complexity index is 898. The molecule has 0 heterocycles. The lowest BCUT2D eigenvalue weighted by Gasteiger charge is -2.14. The molecule has 0 unspecified atom stereocenters. The van der Waals surface area contributed by atoms with Crippen LogP contribution in [0.5, 0.6) is 11.5 Å². The smallest absolute Gasteiger partial charge is 0.269 e. The Labute approximate surface area is 188 Å². The van der Waals surface area contributed by atoms with E-state index in [2.05, 4.69) is 30.0 Å². The second-order valence-electron chi connectivity index (χ2n) is 7.79. The van der Waals surface area contributed by atoms with Crippen LogP contribution in [0.3, 0.4) is 0 Å². The van der Waals surface area contributed by atoms with Crippen molar-refractivity contribution >= 4 is 29.1 Å². The van der Waals surface area contributed by atoms with Crippen LogP contribution in [-0.4, -0.2) is 30.1 Å². The van der Waals surface area contributed by atoms with E-state index < -0.39 is 11.8 Å². The van der Waals surface area contributed by atoms with Crippen LogP contribution in [0, 0.1) is 11.8 Å². The summed E-state index contributed by atoms with van der Waals surface area (Å²) in [6, 6.07) is 13.7. The molecule has 2 amide bonds. The summed E-state index contributed by atoms with van der Waals surface area (Å²) >= 11 is 5.11. The van der Waals surface area contributed by atoms with Crippen molar-refractivity contribution < 1.29 is 19.1 Å². The lowest BCUT2D eigenvalue weighted by molar-refractivity contribution is 0.0933. The summed E-state index contributed by atoms with van der Waals surface area (Å²) in [5, 5.41) is 2.50. The van der Waals surface area contributed by atoms with Gasteiger partial charge in [0, 0.05) is 5.56 Å². The fraction of sp³-hybridized carbons (Fsp3) is 0.348. The van der Waals surface area contributed by atoms with E-state index >= 15 is 0 Å². The summed E-state index contributed by atoms with van der Waals surface area (Å²) in [7, 11) is 0. The van der Waals surface area contributed by atoms with Gasteiger partial charge in [-0.2, -0.15) is 0 Å². The van der Waals surface area contributed by atoms with Crippen molar-refractivity contribution in [1.29, 1.82) is 0 Å². The molecule has 0 aliphatic carbocycles. The second kappa shape index (κ2) is 11.9. The summed E-state index contributed by atoms with van der Waals surface area (Å²) in [5.74, 6) is 1.08. The third kappa shape index (κ3) is 8.25. The van der Waals surface area contributed by atoms with Crippen LogP contribution in [0.25, 0.3) is 0 Å². The number of carbonyl (C=O) groups is 2. The Kier molecular flexibility index (Phi) is 9.27. The standard InChI is InChI=1S/C23H29N3O4S/c1-15(2)13-29-18-11-9-17(10-12-18)21(27)25-26-23(31)24-22(28)19-7-5-6-8-20(19)30-14-16(3)4/h5-12,15-16H,13-14H2,1-4H3,(H,25,27)(H2,24,26,28,31). The van der Waals surface area contributed by atoms with E-state index in [0.29, 0.717) is 47.7 Å². The van der Waals surface area contributed by atoms with Crippen LogP contribution in [0.4, 0.5) is 0 Å². The number of para-hydroxylation sites is 1. The highest BCUT2D eigenvalue weighted by molar-refractivity contribution is 7.80. The van der Waals surface area contributed by atoms with Gasteiger partial charge in [-0.25, -0.2) is 0 Å². The minimum atomic E-state index is -0.433. The third-order valence-corrected chi connectivity index (χ3v) is 4.12. The Balaban J connectivity index is 1.86. The zero-order chi connectivity index (χ0) is 22.8. The molecule has 8 heteroatoms. The minimum Gasteiger partial charge on any atom is -0.493 e. The van der Waals surface area contributed by atoms with Gasteiger partial charge >= 0.3 is 0 Å². The predicted octanol–water partition coefficient (Wildman–Crippen LogP) is 3.71. The molecule has 0 bridgehead atoms. The Morgan fingerprint density at radius 1 is 0.839 bits per heavy atom. The number of amides is 2. The molecule has 0 aliphatic rings. The molecule has 166 valence electrons. The van der Waals surface area contributed by atoms with Gasteiger partial charge in [0.1, 0.15) is 11.5 Å². The van der Waals surface area contributed by atoms with E-state index in [0.717, 1.165) is 0 Å². The lowest BCUT2D eigenvalue weighted by atomic mass is 10.2. The van der Waals surface area contributed by atoms with Crippen molar-refractivity contribution in [2.75, 3.05) is 13.2 Å². The first-order chi connectivity index (χ1) is 14.8. The summed E-state index contributed by atoms with van der Waals surface area (Å²) < 4.78 is 11.3. The maximum atomic E-state index is 12.5. The van der Waals surface area contributed by atoms with Crippen LogP contribution in [0.15, 0.2) is 48.5 Å². The number of benzene rings is 2. The second-order valence-corrected chi connectivity index (χ2v) is 8.20. The molecule has 2 aromatic rings. The summed E-state index contributed by atoms with van der Waals surface area (Å²) in [6.07, 6.45) is 0. The maximum absolute atomic E-state index is 12.5. The van der Waals surface area contributed by atoms with Crippen LogP contribution in [-0.2, 0) is 0 Å². The molecule has 2 rings (SSSR count). The molecule has 0 fully saturated rings. The van der Waals surface area contributed by atoms with Crippen molar-refractivity contribution in [2.45, 2.75) is 27.7 Å². The first kappa shape index (κ1) is 24.1. The van der Waals surface area contributed by atoms with E-state index in [9.17, 15) is 9.59 Å². The average molecular weight is 444 g/mol. The number of hydrazine groups is 1. The van der Waals surface area contributed by atoms with E-state index in [1.807, 2.05) is 13.8 Å². The molecule has 0 saturated heterocycles. The third-order valence-electron chi connectivity index (χ3n) is 3.92. The van der Waals surface area contributed by atoms with Gasteiger partial charge in [-0.1, -0.05) is 39.8 Å². The molecule has 31 heavy (non-hydrogen) atoms. The van der Waals surface area contributed by atoms with E-state index in [1.54, 1.807) is 48.5 Å². The monoisotopic (exact) mass is 443 g/mol. The van der Waals surface area contributed by atoms with E-state index in [1.165, 1.54) is 0 Å².